The molecule has 0 amide bonds. The van der Waals surface area contributed by atoms with Crippen LogP contribution >= 0.6 is 22.7 Å². The Morgan fingerprint density at radius 2 is 0.859 bits per heavy atom. The summed E-state index contributed by atoms with van der Waals surface area (Å²) < 4.78 is 0. The normalized spacial score (nSPS) is 13.1. The third-order valence-corrected chi connectivity index (χ3v) is 15.1. The molecule has 2 N–H and O–H groups in total. The van der Waals surface area contributed by atoms with E-state index in [1.807, 2.05) is 72.8 Å². The number of allylic oxidation sites excluding steroid dienone is 1. The van der Waals surface area contributed by atoms with Crippen molar-refractivity contribution in [2.24, 2.45) is 0 Å². The SMILES string of the molecule is C1CCNCC1.CCO.O=C1C(=Cc2ccc(N(c3ccccc3)c3cccc4ccccc34)s2)C(=O)c2ccccc21.O=C1CC(=O)c2ccccc21.O=Cc1ccc(N(c2ccccc2)c2cccc3ccccc23)s1. The lowest BCUT2D eigenvalue weighted by Gasteiger charge is -2.25. The zero-order valence-electron chi connectivity index (χ0n) is 43.1. The Hall–Kier alpha value is -8.71. The van der Waals surface area contributed by atoms with Gasteiger partial charge in [-0.25, -0.2) is 0 Å². The van der Waals surface area contributed by atoms with E-state index >= 15 is 0 Å². The van der Waals surface area contributed by atoms with Gasteiger partial charge in [-0.3, -0.25) is 24.0 Å². The van der Waals surface area contributed by atoms with Crippen LogP contribution < -0.4 is 15.1 Å². The highest BCUT2D eigenvalue weighted by Crippen LogP contribution is 2.44. The van der Waals surface area contributed by atoms with E-state index in [2.05, 4.69) is 112 Å². The Labute approximate surface area is 462 Å². The number of aldehydes is 1. The summed E-state index contributed by atoms with van der Waals surface area (Å²) in [6, 6.07) is 71.6. The van der Waals surface area contributed by atoms with Gasteiger partial charge in [0.05, 0.1) is 28.2 Å². The molecular weight excluding hydrogens is 1010 g/mol. The van der Waals surface area contributed by atoms with Gasteiger partial charge < -0.3 is 20.2 Å². The van der Waals surface area contributed by atoms with Crippen molar-refractivity contribution in [1.82, 2.24) is 5.32 Å². The van der Waals surface area contributed by atoms with E-state index in [0.717, 1.165) is 54.2 Å². The van der Waals surface area contributed by atoms with Crippen LogP contribution in [0.2, 0.25) is 0 Å². The molecule has 0 bridgehead atoms. The average molecular weight is 1060 g/mol. The summed E-state index contributed by atoms with van der Waals surface area (Å²) in [6.45, 7) is 4.43. The Morgan fingerprint density at radius 1 is 0.462 bits per heavy atom. The summed E-state index contributed by atoms with van der Waals surface area (Å²) in [5.74, 6) is -0.509. The van der Waals surface area contributed by atoms with E-state index in [0.29, 0.717) is 22.3 Å². The fourth-order valence-electron chi connectivity index (χ4n) is 9.45. The molecule has 2 aromatic heterocycles. The number of thiophene rings is 2. The van der Waals surface area contributed by atoms with E-state index < -0.39 is 0 Å². The first-order valence-corrected chi connectivity index (χ1v) is 27.6. The fourth-order valence-corrected chi connectivity index (χ4v) is 11.3. The summed E-state index contributed by atoms with van der Waals surface area (Å²) in [6.07, 6.45) is 6.90. The summed E-state index contributed by atoms with van der Waals surface area (Å²) in [7, 11) is 0. The predicted octanol–water partition coefficient (Wildman–Crippen LogP) is 16.2. The third-order valence-electron chi connectivity index (χ3n) is 13.1. The number of anilines is 6. The minimum absolute atomic E-state index is 0.0504. The van der Waals surface area contributed by atoms with Crippen molar-refractivity contribution in [2.75, 3.05) is 29.5 Å². The van der Waals surface area contributed by atoms with Crippen molar-refractivity contribution < 1.29 is 29.1 Å². The quantitative estimate of drug-likeness (QED) is 0.0662. The van der Waals surface area contributed by atoms with E-state index in [-0.39, 0.29) is 41.7 Å². The second kappa shape index (κ2) is 26.4. The van der Waals surface area contributed by atoms with Crippen molar-refractivity contribution in [3.05, 3.63) is 256 Å². The molecule has 1 aliphatic heterocycles. The lowest BCUT2D eigenvalue weighted by molar-refractivity contribution is 0.0919. The zero-order valence-corrected chi connectivity index (χ0v) is 44.7. The van der Waals surface area contributed by atoms with Crippen LogP contribution in [-0.4, -0.2) is 54.2 Å². The molecule has 3 aliphatic rings. The maximum Gasteiger partial charge on any atom is 0.197 e. The van der Waals surface area contributed by atoms with Crippen molar-refractivity contribution in [3.63, 3.8) is 0 Å². The summed E-state index contributed by atoms with van der Waals surface area (Å²) in [5, 5.41) is 17.6. The molecule has 0 atom stereocenters. The second-order valence-corrected chi connectivity index (χ2v) is 20.5. The van der Waals surface area contributed by atoms with Gasteiger partial charge in [0.1, 0.15) is 10.0 Å². The van der Waals surface area contributed by atoms with Gasteiger partial charge in [0.2, 0.25) is 0 Å². The predicted molar refractivity (Wildman–Crippen MR) is 321 cm³/mol. The number of nitrogens with zero attached hydrogens (tertiary/aromatic N) is 2. The maximum absolute atomic E-state index is 12.8. The topological polar surface area (TPSA) is 124 Å². The van der Waals surface area contributed by atoms with Crippen LogP contribution in [0.3, 0.4) is 0 Å². The second-order valence-electron chi connectivity index (χ2n) is 18.3. The average Bonchev–Trinajstić information content (AvgIpc) is 4.37. The third kappa shape index (κ3) is 12.6. The lowest BCUT2D eigenvalue weighted by atomic mass is 10.1. The van der Waals surface area contributed by atoms with Crippen molar-refractivity contribution >= 4 is 112 Å². The van der Waals surface area contributed by atoms with Crippen molar-refractivity contribution in [3.8, 4) is 0 Å². The van der Waals surface area contributed by atoms with E-state index in [9.17, 15) is 24.0 Å². The van der Waals surface area contributed by atoms with Gasteiger partial charge in [0, 0.05) is 55.9 Å². The van der Waals surface area contributed by atoms with Crippen LogP contribution in [0.25, 0.3) is 27.6 Å². The number of benzene rings is 8. The number of rotatable bonds is 8. The van der Waals surface area contributed by atoms with Gasteiger partial charge in [-0.1, -0.05) is 164 Å². The van der Waals surface area contributed by atoms with Crippen LogP contribution in [0.4, 0.5) is 32.8 Å². The molecule has 13 rings (SSSR count). The van der Waals surface area contributed by atoms with Crippen LogP contribution in [0.1, 0.15) is 88.6 Å². The van der Waals surface area contributed by atoms with Crippen molar-refractivity contribution in [1.29, 1.82) is 0 Å². The van der Waals surface area contributed by atoms with Gasteiger partial charge in [-0.2, -0.15) is 0 Å². The number of carbonyl (C=O) groups excluding carboxylic acids is 5. The molecule has 9 nitrogen and oxygen atoms in total. The van der Waals surface area contributed by atoms with Crippen LogP contribution in [-0.2, 0) is 0 Å². The minimum Gasteiger partial charge on any atom is -0.397 e. The molecular formula is C67H57N3O6S2. The highest BCUT2D eigenvalue weighted by Gasteiger charge is 2.33. The molecule has 0 radical (unpaired) electrons. The van der Waals surface area contributed by atoms with E-state index in [1.165, 1.54) is 59.8 Å². The Bertz CT molecular complexity index is 3660. The molecule has 1 fully saturated rings. The van der Waals surface area contributed by atoms with Crippen molar-refractivity contribution in [2.45, 2.75) is 32.6 Å². The van der Waals surface area contributed by atoms with E-state index in [1.54, 1.807) is 72.9 Å². The number of fused-ring (bicyclic) bond motifs is 4. The number of nitrogens with one attached hydrogen (secondary N) is 1. The molecule has 78 heavy (non-hydrogen) atoms. The molecule has 0 spiro atoms. The molecule has 11 heteroatoms. The van der Waals surface area contributed by atoms with Gasteiger partial charge in [0.25, 0.3) is 0 Å². The Balaban J connectivity index is 0.000000144. The molecule has 2 aliphatic carbocycles. The Morgan fingerprint density at radius 3 is 1.28 bits per heavy atom. The first-order chi connectivity index (χ1) is 38.3. The molecule has 3 heterocycles. The zero-order chi connectivity index (χ0) is 54.2. The monoisotopic (exact) mass is 1060 g/mol. The van der Waals surface area contributed by atoms with Gasteiger partial charge in [-0.15, -0.1) is 22.7 Å². The van der Waals surface area contributed by atoms with Crippen LogP contribution in [0, 0.1) is 0 Å². The summed E-state index contributed by atoms with van der Waals surface area (Å²) in [4.78, 5) is 64.9. The maximum atomic E-state index is 12.8. The number of Topliss-reactive ketones (excluding diaryl/α,β-unsaturated/α-hetero) is 4. The lowest BCUT2D eigenvalue weighted by Crippen LogP contribution is -2.21. The number of aliphatic hydroxyl groups is 1. The number of para-hydroxylation sites is 2. The summed E-state index contributed by atoms with van der Waals surface area (Å²) >= 11 is 3.05. The Kier molecular flexibility index (Phi) is 18.3. The van der Waals surface area contributed by atoms with Gasteiger partial charge in [0.15, 0.2) is 29.4 Å². The number of carbonyl (C=O) groups is 5. The smallest absolute Gasteiger partial charge is 0.197 e. The molecule has 10 aromatic rings. The molecule has 1 saturated heterocycles. The number of piperidine rings is 1. The number of hydrogen-bond donors (Lipinski definition) is 2. The largest absolute Gasteiger partial charge is 0.397 e. The first-order valence-electron chi connectivity index (χ1n) is 26.0. The molecule has 8 aromatic carbocycles. The van der Waals surface area contributed by atoms with Gasteiger partial charge in [-0.05, 0) is 110 Å². The highest BCUT2D eigenvalue weighted by molar-refractivity contribution is 7.18. The molecule has 388 valence electrons. The summed E-state index contributed by atoms with van der Waals surface area (Å²) in [5.41, 5.74) is 6.66. The van der Waals surface area contributed by atoms with Crippen LogP contribution in [0.5, 0.6) is 0 Å². The number of ketones is 4. The first kappa shape index (κ1) is 54.1. The fraction of sp³-hybridized carbons (Fsp3) is 0.119. The van der Waals surface area contributed by atoms with Gasteiger partial charge >= 0.3 is 0 Å². The molecule has 0 saturated carbocycles. The standard InChI is InChI=1S/C30H19NO2S.C21H15NOS.C9H6O2.C5H11N.C2H6O/c32-29-24-14-6-7-15-25(24)30(33)26(29)19-22-17-18-28(34-22)31(21-11-2-1-3-12-21)27-16-8-10-20-9-4-5-13-23(20)27;23-15-18-13-14-21(24-18)22(17-9-2-1-3-10-17)20-12-6-8-16-7-4-5-11-19(16)20;10-8-5-9(11)7-4-2-1-3-6(7)8;1-2-4-6-5-3-1;1-2-3/h1-19H;1-15H;1-4H,5H2;6H,1-5H2;3H,2H2,1H3. The molecule has 0 unspecified atom stereocenters. The minimum atomic E-state index is -0.204. The van der Waals surface area contributed by atoms with Crippen LogP contribution in [0.15, 0.2) is 224 Å². The number of hydrogen-bond acceptors (Lipinski definition) is 11. The van der Waals surface area contributed by atoms with E-state index in [4.69, 9.17) is 5.11 Å². The highest BCUT2D eigenvalue weighted by atomic mass is 32.1. The number of aliphatic hydroxyl groups excluding tert-OH is 1.